The summed E-state index contributed by atoms with van der Waals surface area (Å²) >= 11 is 12.2. The first kappa shape index (κ1) is 15.6. The number of rotatable bonds is 2. The maximum absolute atomic E-state index is 12.6. The van der Waals surface area contributed by atoms with Gasteiger partial charge in [0.25, 0.3) is 5.91 Å². The van der Waals surface area contributed by atoms with Crippen LogP contribution in [0.4, 0.5) is 5.69 Å². The zero-order chi connectivity index (χ0) is 16.7. The minimum atomic E-state index is -0.340. The molecule has 0 unspecified atom stereocenters. The Labute approximate surface area is 149 Å². The first-order valence-corrected chi connectivity index (χ1v) is 8.69. The van der Waals surface area contributed by atoms with Gasteiger partial charge in [0, 0.05) is 17.4 Å². The quantitative estimate of drug-likeness (QED) is 0.621. The van der Waals surface area contributed by atoms with Crippen LogP contribution in [0.15, 0.2) is 40.8 Å². The third kappa shape index (κ3) is 2.58. The van der Waals surface area contributed by atoms with Gasteiger partial charge in [0.05, 0.1) is 21.3 Å². The summed E-state index contributed by atoms with van der Waals surface area (Å²) in [5.41, 5.74) is 2.90. The average Bonchev–Trinajstić information content (AvgIpc) is 2.95. The molecular weight excluding hydrogens is 345 g/mol. The number of aryl methyl sites for hydroxylation is 2. The van der Waals surface area contributed by atoms with Gasteiger partial charge in [0.1, 0.15) is 5.76 Å². The molecule has 0 spiro atoms. The Kier molecular flexibility index (Phi) is 3.99. The number of para-hydroxylation sites is 1. The van der Waals surface area contributed by atoms with Gasteiger partial charge in [-0.2, -0.15) is 0 Å². The normalized spacial score (nSPS) is 13.8. The molecule has 1 heterocycles. The third-order valence-corrected chi connectivity index (χ3v) is 5.05. The van der Waals surface area contributed by atoms with Gasteiger partial charge in [-0.3, -0.25) is 4.79 Å². The molecule has 1 amide bonds. The number of halogens is 2. The van der Waals surface area contributed by atoms with Gasteiger partial charge in [-0.1, -0.05) is 41.4 Å². The van der Waals surface area contributed by atoms with Crippen molar-refractivity contribution in [3.05, 3.63) is 63.3 Å². The van der Waals surface area contributed by atoms with E-state index in [1.807, 2.05) is 18.2 Å². The Bertz CT molecular complexity index is 926. The van der Waals surface area contributed by atoms with Gasteiger partial charge in [-0.15, -0.1) is 0 Å². The monoisotopic (exact) mass is 359 g/mol. The predicted molar refractivity (Wildman–Crippen MR) is 97.3 cm³/mol. The van der Waals surface area contributed by atoms with Gasteiger partial charge >= 0.3 is 0 Å². The SMILES string of the molecule is O=C(Nc1cccc2c3c(oc12)CCCC3)c1c(Cl)cccc1Cl. The molecule has 0 saturated carbocycles. The van der Waals surface area contributed by atoms with E-state index in [1.165, 1.54) is 12.0 Å². The summed E-state index contributed by atoms with van der Waals surface area (Å²) in [4.78, 5) is 12.6. The molecule has 1 aromatic heterocycles. The molecule has 1 aliphatic rings. The number of nitrogens with one attached hydrogen (secondary N) is 1. The van der Waals surface area contributed by atoms with Gasteiger partial charge < -0.3 is 9.73 Å². The topological polar surface area (TPSA) is 42.2 Å². The van der Waals surface area contributed by atoms with Crippen molar-refractivity contribution < 1.29 is 9.21 Å². The summed E-state index contributed by atoms with van der Waals surface area (Å²) in [6.07, 6.45) is 4.29. The standard InChI is InChI=1S/C19H15Cl2NO2/c20-13-7-4-8-14(21)17(13)19(23)22-15-9-3-6-12-11-5-1-2-10-16(11)24-18(12)15/h3-4,6-9H,1-2,5,10H2,(H,22,23). The number of amides is 1. The Morgan fingerprint density at radius 2 is 1.71 bits per heavy atom. The highest BCUT2D eigenvalue weighted by molar-refractivity contribution is 6.40. The van der Waals surface area contributed by atoms with Crippen LogP contribution in [0, 0.1) is 0 Å². The fourth-order valence-corrected chi connectivity index (χ4v) is 3.85. The number of anilines is 1. The maximum atomic E-state index is 12.6. The molecule has 0 bridgehead atoms. The minimum Gasteiger partial charge on any atom is -0.459 e. The van der Waals surface area contributed by atoms with Crippen LogP contribution in [-0.4, -0.2) is 5.91 Å². The van der Waals surface area contributed by atoms with Crippen LogP contribution in [0.3, 0.4) is 0 Å². The summed E-state index contributed by atoms with van der Waals surface area (Å²) in [6, 6.07) is 10.8. The first-order chi connectivity index (χ1) is 11.6. The van der Waals surface area contributed by atoms with Gasteiger partial charge in [-0.05, 0) is 37.5 Å². The number of fused-ring (bicyclic) bond motifs is 3. The van der Waals surface area contributed by atoms with Gasteiger partial charge in [0.15, 0.2) is 5.58 Å². The van der Waals surface area contributed by atoms with Crippen LogP contribution >= 0.6 is 23.2 Å². The lowest BCUT2D eigenvalue weighted by atomic mass is 9.96. The van der Waals surface area contributed by atoms with E-state index in [-0.39, 0.29) is 11.5 Å². The molecule has 3 aromatic rings. The lowest BCUT2D eigenvalue weighted by Gasteiger charge is -2.09. The molecule has 0 radical (unpaired) electrons. The van der Waals surface area contributed by atoms with Crippen LogP contribution in [0.25, 0.3) is 11.0 Å². The van der Waals surface area contributed by atoms with Crippen molar-refractivity contribution >= 4 is 45.8 Å². The summed E-state index contributed by atoms with van der Waals surface area (Å²) in [7, 11) is 0. The fourth-order valence-electron chi connectivity index (χ4n) is 3.28. The second-order valence-corrected chi connectivity index (χ2v) is 6.76. The average molecular weight is 360 g/mol. The zero-order valence-electron chi connectivity index (χ0n) is 12.9. The van der Waals surface area contributed by atoms with Crippen molar-refractivity contribution in [2.75, 3.05) is 5.32 Å². The van der Waals surface area contributed by atoms with Gasteiger partial charge in [0.2, 0.25) is 0 Å². The van der Waals surface area contributed by atoms with Crippen molar-refractivity contribution in [2.24, 2.45) is 0 Å². The summed E-state index contributed by atoms with van der Waals surface area (Å²) in [5, 5.41) is 4.62. The van der Waals surface area contributed by atoms with E-state index in [0.29, 0.717) is 15.7 Å². The Balaban J connectivity index is 1.75. The highest BCUT2D eigenvalue weighted by Gasteiger charge is 2.21. The van der Waals surface area contributed by atoms with E-state index >= 15 is 0 Å². The number of furan rings is 1. The lowest BCUT2D eigenvalue weighted by Crippen LogP contribution is -2.13. The number of hydrogen-bond acceptors (Lipinski definition) is 2. The zero-order valence-corrected chi connectivity index (χ0v) is 14.4. The van der Waals surface area contributed by atoms with Crippen molar-refractivity contribution in [3.8, 4) is 0 Å². The van der Waals surface area contributed by atoms with Crippen molar-refractivity contribution in [1.82, 2.24) is 0 Å². The smallest absolute Gasteiger partial charge is 0.258 e. The molecular formula is C19H15Cl2NO2. The van der Waals surface area contributed by atoms with Crippen LogP contribution in [0.1, 0.15) is 34.5 Å². The van der Waals surface area contributed by atoms with Crippen LogP contribution in [-0.2, 0) is 12.8 Å². The highest BCUT2D eigenvalue weighted by atomic mass is 35.5. The third-order valence-electron chi connectivity index (χ3n) is 4.42. The minimum absolute atomic E-state index is 0.272. The number of carbonyl (C=O) groups is 1. The summed E-state index contributed by atoms with van der Waals surface area (Å²) < 4.78 is 6.04. The Hall–Kier alpha value is -1.97. The van der Waals surface area contributed by atoms with Gasteiger partial charge in [-0.25, -0.2) is 0 Å². The number of carbonyl (C=O) groups excluding carboxylic acids is 1. The first-order valence-electron chi connectivity index (χ1n) is 7.94. The molecule has 2 aromatic carbocycles. The Morgan fingerprint density at radius 1 is 1.00 bits per heavy atom. The highest BCUT2D eigenvalue weighted by Crippen LogP contribution is 2.36. The molecule has 1 aliphatic carbocycles. The van der Waals surface area contributed by atoms with E-state index in [0.717, 1.165) is 36.0 Å². The predicted octanol–water partition coefficient (Wildman–Crippen LogP) is 5.87. The molecule has 0 aliphatic heterocycles. The van der Waals surface area contributed by atoms with E-state index < -0.39 is 0 Å². The molecule has 24 heavy (non-hydrogen) atoms. The largest absolute Gasteiger partial charge is 0.459 e. The van der Waals surface area contributed by atoms with Crippen molar-refractivity contribution in [3.63, 3.8) is 0 Å². The van der Waals surface area contributed by atoms with E-state index in [1.54, 1.807) is 18.2 Å². The van der Waals surface area contributed by atoms with E-state index in [4.69, 9.17) is 27.6 Å². The second-order valence-electron chi connectivity index (χ2n) is 5.94. The van der Waals surface area contributed by atoms with Crippen molar-refractivity contribution in [2.45, 2.75) is 25.7 Å². The molecule has 1 N–H and O–H groups in total. The molecule has 122 valence electrons. The number of hydrogen-bond donors (Lipinski definition) is 1. The van der Waals surface area contributed by atoms with Crippen LogP contribution < -0.4 is 5.32 Å². The summed E-state index contributed by atoms with van der Waals surface area (Å²) in [6.45, 7) is 0. The van der Waals surface area contributed by atoms with Crippen molar-refractivity contribution in [1.29, 1.82) is 0 Å². The molecule has 0 atom stereocenters. The number of benzene rings is 2. The molecule has 0 saturated heterocycles. The van der Waals surface area contributed by atoms with E-state index in [2.05, 4.69) is 5.32 Å². The molecule has 5 heteroatoms. The van der Waals surface area contributed by atoms with Crippen LogP contribution in [0.5, 0.6) is 0 Å². The van der Waals surface area contributed by atoms with Crippen LogP contribution in [0.2, 0.25) is 10.0 Å². The Morgan fingerprint density at radius 3 is 2.50 bits per heavy atom. The molecule has 3 nitrogen and oxygen atoms in total. The second kappa shape index (κ2) is 6.15. The fraction of sp³-hybridized carbons (Fsp3) is 0.211. The summed E-state index contributed by atoms with van der Waals surface area (Å²) in [5.74, 6) is 0.696. The molecule has 4 rings (SSSR count). The maximum Gasteiger partial charge on any atom is 0.258 e. The lowest BCUT2D eigenvalue weighted by molar-refractivity contribution is 0.102. The molecule has 0 fully saturated rings. The van der Waals surface area contributed by atoms with E-state index in [9.17, 15) is 4.79 Å².